The minimum absolute atomic E-state index is 0.00558. The molecule has 0 fully saturated rings. The second-order valence-electron chi connectivity index (χ2n) is 8.44. The molecular formula is C17H31ClN4O2Si. The van der Waals surface area contributed by atoms with Gasteiger partial charge in [0, 0.05) is 28.0 Å². The molecule has 0 amide bonds. The van der Waals surface area contributed by atoms with Gasteiger partial charge in [0.1, 0.15) is 18.7 Å². The number of rotatable bonds is 8. The second-order valence-corrected chi connectivity index (χ2v) is 14.4. The Balaban J connectivity index is 2.01. The maximum absolute atomic E-state index is 6.21. The molecule has 1 N–H and O–H groups in total. The number of nitrogens with one attached hydrogen (secondary N) is 1. The van der Waals surface area contributed by atoms with Crippen molar-refractivity contribution in [2.75, 3.05) is 27.1 Å². The van der Waals surface area contributed by atoms with Gasteiger partial charge in [-0.05, 0) is 31.5 Å². The van der Waals surface area contributed by atoms with Gasteiger partial charge < -0.3 is 19.7 Å². The smallest absolute Gasteiger partial charge is 0.199 e. The standard InChI is InChI=1S/C17H31ClN4O2Si/c1-17(2,11-23-3)21-14-13-7-8-22(15(13)20-16(18)19-14)12-24-9-10-25(4,5)6/h7-8,13,15H,9-12H2,1-6H3,(H,19,20,21). The van der Waals surface area contributed by atoms with Crippen molar-refractivity contribution in [3.8, 4) is 0 Å². The molecule has 2 rings (SSSR count). The summed E-state index contributed by atoms with van der Waals surface area (Å²) in [6.07, 6.45) is 4.14. The minimum atomic E-state index is -1.07. The molecule has 0 aromatic heterocycles. The fourth-order valence-corrected chi connectivity index (χ4v) is 3.76. The van der Waals surface area contributed by atoms with E-state index in [0.717, 1.165) is 18.5 Å². The van der Waals surface area contributed by atoms with Crippen LogP contribution < -0.4 is 5.32 Å². The lowest BCUT2D eigenvalue weighted by Crippen LogP contribution is -2.52. The molecule has 8 heteroatoms. The maximum Gasteiger partial charge on any atom is 0.199 e. The van der Waals surface area contributed by atoms with Gasteiger partial charge in [-0.25, -0.2) is 4.99 Å². The predicted molar refractivity (Wildman–Crippen MR) is 107 cm³/mol. The van der Waals surface area contributed by atoms with E-state index in [1.165, 1.54) is 0 Å². The highest BCUT2D eigenvalue weighted by Gasteiger charge is 2.37. The third-order valence-corrected chi connectivity index (χ3v) is 6.01. The molecule has 2 atom stereocenters. The number of methoxy groups -OCH3 is 1. The first kappa shape index (κ1) is 20.4. The maximum atomic E-state index is 6.21. The van der Waals surface area contributed by atoms with Crippen LogP contribution >= 0.6 is 11.6 Å². The first-order valence-corrected chi connectivity index (χ1v) is 12.8. The van der Waals surface area contributed by atoms with Crippen LogP contribution in [0.15, 0.2) is 22.3 Å². The molecule has 0 aliphatic carbocycles. The summed E-state index contributed by atoms with van der Waals surface area (Å²) in [7, 11) is 0.605. The van der Waals surface area contributed by atoms with Gasteiger partial charge in [0.25, 0.3) is 0 Å². The quantitative estimate of drug-likeness (QED) is 0.395. The summed E-state index contributed by atoms with van der Waals surface area (Å²) in [6, 6.07) is 1.16. The lowest BCUT2D eigenvalue weighted by Gasteiger charge is -2.34. The summed E-state index contributed by atoms with van der Waals surface area (Å²) >= 11 is 6.21. The SMILES string of the molecule is COCC(C)(C)N=C1N=C(Cl)NC2C1C=CN2COCC[Si](C)(C)C. The number of hydrogen-bond acceptors (Lipinski definition) is 5. The Kier molecular flexibility index (Phi) is 6.70. The molecular weight excluding hydrogens is 356 g/mol. The van der Waals surface area contributed by atoms with Gasteiger partial charge in [-0.1, -0.05) is 25.7 Å². The Hall–Kier alpha value is -0.893. The molecule has 2 aliphatic heterocycles. The Morgan fingerprint density at radius 3 is 2.76 bits per heavy atom. The van der Waals surface area contributed by atoms with Crippen molar-refractivity contribution in [1.29, 1.82) is 0 Å². The molecule has 2 unspecified atom stereocenters. The van der Waals surface area contributed by atoms with E-state index in [4.69, 9.17) is 26.1 Å². The number of aliphatic imine (C=N–C) groups is 2. The monoisotopic (exact) mass is 386 g/mol. The molecule has 0 spiro atoms. The van der Waals surface area contributed by atoms with Crippen LogP contribution in [0.5, 0.6) is 0 Å². The lowest BCUT2D eigenvalue weighted by atomic mass is 10.0. The van der Waals surface area contributed by atoms with Crippen molar-refractivity contribution < 1.29 is 9.47 Å². The average molecular weight is 387 g/mol. The number of nitrogens with zero attached hydrogens (tertiary/aromatic N) is 3. The van der Waals surface area contributed by atoms with Crippen molar-refractivity contribution in [2.24, 2.45) is 15.9 Å². The van der Waals surface area contributed by atoms with Crippen molar-refractivity contribution >= 4 is 30.8 Å². The van der Waals surface area contributed by atoms with Crippen LogP contribution in [-0.2, 0) is 9.47 Å². The topological polar surface area (TPSA) is 58.5 Å². The first-order chi connectivity index (χ1) is 11.6. The summed E-state index contributed by atoms with van der Waals surface area (Å²) < 4.78 is 11.1. The first-order valence-electron chi connectivity index (χ1n) is 8.72. The highest BCUT2D eigenvalue weighted by Crippen LogP contribution is 2.27. The molecule has 0 saturated carbocycles. The van der Waals surface area contributed by atoms with E-state index in [1.807, 2.05) is 20.0 Å². The van der Waals surface area contributed by atoms with Crippen molar-refractivity contribution in [3.63, 3.8) is 0 Å². The number of halogens is 1. The third kappa shape index (κ3) is 6.09. The summed E-state index contributed by atoms with van der Waals surface area (Å²) in [5.74, 6) is 0.788. The molecule has 142 valence electrons. The summed E-state index contributed by atoms with van der Waals surface area (Å²) in [5, 5.41) is 3.59. The van der Waals surface area contributed by atoms with Crippen molar-refractivity contribution in [1.82, 2.24) is 10.2 Å². The highest BCUT2D eigenvalue weighted by atomic mass is 35.5. The lowest BCUT2D eigenvalue weighted by molar-refractivity contribution is 0.0391. The largest absolute Gasteiger partial charge is 0.382 e. The normalized spacial score (nSPS) is 25.2. The number of fused-ring (bicyclic) bond motifs is 1. The Labute approximate surface area is 157 Å². The van der Waals surface area contributed by atoms with E-state index >= 15 is 0 Å². The molecule has 2 heterocycles. The van der Waals surface area contributed by atoms with Crippen LogP contribution in [0.2, 0.25) is 25.7 Å². The van der Waals surface area contributed by atoms with E-state index < -0.39 is 8.07 Å². The molecule has 2 aliphatic rings. The van der Waals surface area contributed by atoms with Gasteiger partial charge in [0.05, 0.1) is 18.1 Å². The van der Waals surface area contributed by atoms with Crippen molar-refractivity contribution in [2.45, 2.75) is 51.2 Å². The Morgan fingerprint density at radius 1 is 1.40 bits per heavy atom. The fraction of sp³-hybridized carbons (Fsp3) is 0.765. The molecule has 6 nitrogen and oxygen atoms in total. The predicted octanol–water partition coefficient (Wildman–Crippen LogP) is 3.09. The molecule has 0 aromatic rings. The van der Waals surface area contributed by atoms with E-state index in [-0.39, 0.29) is 17.6 Å². The van der Waals surface area contributed by atoms with E-state index in [0.29, 0.717) is 18.6 Å². The van der Waals surface area contributed by atoms with Crippen LogP contribution in [0.4, 0.5) is 0 Å². The third-order valence-electron chi connectivity index (χ3n) is 4.11. The van der Waals surface area contributed by atoms with Crippen LogP contribution in [-0.4, -0.2) is 62.9 Å². The highest BCUT2D eigenvalue weighted by molar-refractivity contribution is 6.76. The van der Waals surface area contributed by atoms with Gasteiger partial charge in [0.15, 0.2) is 5.29 Å². The van der Waals surface area contributed by atoms with Gasteiger partial charge in [0.2, 0.25) is 0 Å². The second kappa shape index (κ2) is 8.20. The zero-order valence-corrected chi connectivity index (χ0v) is 17.9. The molecule has 0 bridgehead atoms. The number of hydrogen-bond donors (Lipinski definition) is 1. The zero-order valence-electron chi connectivity index (χ0n) is 16.2. The Bertz CT molecular complexity index is 557. The summed E-state index contributed by atoms with van der Waals surface area (Å²) in [4.78, 5) is 11.3. The molecule has 0 radical (unpaired) electrons. The summed E-state index contributed by atoms with van der Waals surface area (Å²) in [6.45, 7) is 13.0. The molecule has 25 heavy (non-hydrogen) atoms. The number of ether oxygens (including phenoxy) is 2. The van der Waals surface area contributed by atoms with E-state index in [1.54, 1.807) is 7.11 Å². The van der Waals surface area contributed by atoms with Crippen molar-refractivity contribution in [3.05, 3.63) is 12.3 Å². The van der Waals surface area contributed by atoms with Crippen LogP contribution in [0, 0.1) is 5.92 Å². The van der Waals surface area contributed by atoms with Crippen LogP contribution in [0.25, 0.3) is 0 Å². The van der Waals surface area contributed by atoms with Gasteiger partial charge in [-0.2, -0.15) is 0 Å². The molecule has 0 aromatic carbocycles. The molecule has 0 saturated heterocycles. The van der Waals surface area contributed by atoms with E-state index in [2.05, 4.69) is 40.9 Å². The van der Waals surface area contributed by atoms with Gasteiger partial charge >= 0.3 is 0 Å². The minimum Gasteiger partial charge on any atom is -0.382 e. The van der Waals surface area contributed by atoms with Crippen LogP contribution in [0.3, 0.4) is 0 Å². The number of amidine groups is 2. The van der Waals surface area contributed by atoms with E-state index in [9.17, 15) is 0 Å². The fourth-order valence-electron chi connectivity index (χ4n) is 2.80. The van der Waals surface area contributed by atoms with Crippen LogP contribution in [0.1, 0.15) is 13.8 Å². The van der Waals surface area contributed by atoms with Gasteiger partial charge in [-0.3, -0.25) is 4.99 Å². The van der Waals surface area contributed by atoms with Gasteiger partial charge in [-0.15, -0.1) is 0 Å². The average Bonchev–Trinajstić information content (AvgIpc) is 2.85. The zero-order chi connectivity index (χ0) is 18.7. The summed E-state index contributed by atoms with van der Waals surface area (Å²) in [5.41, 5.74) is -0.345. The Morgan fingerprint density at radius 2 is 2.12 bits per heavy atom.